The topological polar surface area (TPSA) is 0 Å². The first-order valence-electron chi connectivity index (χ1n) is 12.4. The number of rotatable bonds is 14. The van der Waals surface area contributed by atoms with Crippen molar-refractivity contribution in [2.45, 2.75) is 128 Å². The number of unbranched alkanes of at least 4 members (excludes halogenated alkanes) is 1. The normalized spacial score (nSPS) is 21.8. The second-order valence-electron chi connectivity index (χ2n) is 11.0. The summed E-state index contributed by atoms with van der Waals surface area (Å²) in [4.78, 5) is 0. The molecule has 0 aromatic carbocycles. The lowest BCUT2D eigenvalue weighted by atomic mass is 9.56. The zero-order valence-electron chi connectivity index (χ0n) is 21.4. The van der Waals surface area contributed by atoms with Crippen LogP contribution in [-0.2, 0) is 0 Å². The van der Waals surface area contributed by atoms with Gasteiger partial charge in [0.25, 0.3) is 0 Å². The van der Waals surface area contributed by atoms with Crippen molar-refractivity contribution < 1.29 is 0 Å². The van der Waals surface area contributed by atoms with Gasteiger partial charge < -0.3 is 0 Å². The molecule has 0 aromatic heterocycles. The SMILES string of the molecule is CCCCC(C)C(CC)C(C)C(C)C(C)CC(C)C(C)(CC)C(C)(C)CC. The van der Waals surface area contributed by atoms with Crippen LogP contribution < -0.4 is 0 Å². The van der Waals surface area contributed by atoms with Crippen LogP contribution in [0.25, 0.3) is 0 Å². The minimum absolute atomic E-state index is 0.413. The highest BCUT2D eigenvalue weighted by Gasteiger charge is 2.43. The molecular weight excluding hydrogens is 324 g/mol. The third kappa shape index (κ3) is 6.78. The van der Waals surface area contributed by atoms with Gasteiger partial charge in [-0.1, -0.05) is 115 Å². The highest BCUT2D eigenvalue weighted by Crippen LogP contribution is 2.52. The van der Waals surface area contributed by atoms with Gasteiger partial charge in [0.2, 0.25) is 0 Å². The lowest BCUT2D eigenvalue weighted by Gasteiger charge is -2.49. The van der Waals surface area contributed by atoms with Crippen molar-refractivity contribution in [2.75, 3.05) is 0 Å². The van der Waals surface area contributed by atoms with Gasteiger partial charge in [-0.25, -0.2) is 0 Å². The maximum Gasteiger partial charge on any atom is -0.0252 e. The summed E-state index contributed by atoms with van der Waals surface area (Å²) < 4.78 is 0. The summed E-state index contributed by atoms with van der Waals surface area (Å²) in [6.07, 6.45) is 9.42. The minimum atomic E-state index is 0.413. The van der Waals surface area contributed by atoms with Gasteiger partial charge in [-0.15, -0.1) is 0 Å². The summed E-state index contributed by atoms with van der Waals surface area (Å²) in [6, 6.07) is 0. The van der Waals surface area contributed by atoms with E-state index in [1.165, 1.54) is 44.9 Å². The Morgan fingerprint density at radius 3 is 1.67 bits per heavy atom. The van der Waals surface area contributed by atoms with Crippen molar-refractivity contribution >= 4 is 0 Å². The van der Waals surface area contributed by atoms with E-state index in [1.807, 2.05) is 0 Å². The predicted octanol–water partition coefficient (Wildman–Crippen LogP) is 9.63. The Morgan fingerprint density at radius 2 is 1.26 bits per heavy atom. The Kier molecular flexibility index (Phi) is 11.9. The third-order valence-corrected chi connectivity index (χ3v) is 9.59. The molecule has 164 valence electrons. The molecule has 0 heteroatoms. The maximum atomic E-state index is 2.56. The molecule has 0 aliphatic heterocycles. The third-order valence-electron chi connectivity index (χ3n) is 9.59. The fourth-order valence-corrected chi connectivity index (χ4v) is 5.87. The van der Waals surface area contributed by atoms with Crippen LogP contribution in [0.1, 0.15) is 128 Å². The van der Waals surface area contributed by atoms with Crippen LogP contribution in [-0.4, -0.2) is 0 Å². The Hall–Kier alpha value is 0. The van der Waals surface area contributed by atoms with E-state index < -0.39 is 0 Å². The average molecular weight is 381 g/mol. The average Bonchev–Trinajstić information content (AvgIpc) is 2.64. The zero-order valence-corrected chi connectivity index (χ0v) is 21.4. The van der Waals surface area contributed by atoms with E-state index in [-0.39, 0.29) is 0 Å². The largest absolute Gasteiger partial charge is 0.0654 e. The smallest absolute Gasteiger partial charge is 0.0252 e. The van der Waals surface area contributed by atoms with Crippen LogP contribution in [0.3, 0.4) is 0 Å². The first-order valence-corrected chi connectivity index (χ1v) is 12.4. The van der Waals surface area contributed by atoms with Crippen molar-refractivity contribution in [3.63, 3.8) is 0 Å². The molecule has 0 aliphatic rings. The summed E-state index contributed by atoms with van der Waals surface area (Å²) in [5.41, 5.74) is 0.841. The van der Waals surface area contributed by atoms with Gasteiger partial charge in [-0.3, -0.25) is 0 Å². The second-order valence-corrected chi connectivity index (χ2v) is 11.0. The van der Waals surface area contributed by atoms with Gasteiger partial charge in [0, 0.05) is 0 Å². The summed E-state index contributed by atoms with van der Waals surface area (Å²) in [5, 5.41) is 0. The van der Waals surface area contributed by atoms with Crippen molar-refractivity contribution in [1.82, 2.24) is 0 Å². The quantitative estimate of drug-likeness (QED) is 0.281. The fourth-order valence-electron chi connectivity index (χ4n) is 5.87. The van der Waals surface area contributed by atoms with E-state index in [9.17, 15) is 0 Å². The molecule has 0 nitrogen and oxygen atoms in total. The van der Waals surface area contributed by atoms with Crippen LogP contribution in [0, 0.1) is 46.3 Å². The molecule has 0 fully saturated rings. The van der Waals surface area contributed by atoms with Gasteiger partial charge >= 0.3 is 0 Å². The van der Waals surface area contributed by atoms with E-state index in [4.69, 9.17) is 0 Å². The Morgan fingerprint density at radius 1 is 0.704 bits per heavy atom. The molecule has 7 atom stereocenters. The number of hydrogen-bond donors (Lipinski definition) is 0. The van der Waals surface area contributed by atoms with Gasteiger partial charge in [0.05, 0.1) is 0 Å². The number of hydrogen-bond acceptors (Lipinski definition) is 0. The second kappa shape index (κ2) is 11.9. The molecule has 0 heterocycles. The summed E-state index contributed by atoms with van der Waals surface area (Å²) in [5.74, 6) is 4.98. The van der Waals surface area contributed by atoms with Gasteiger partial charge in [0.15, 0.2) is 0 Å². The highest BCUT2D eigenvalue weighted by atomic mass is 14.5. The van der Waals surface area contributed by atoms with Crippen molar-refractivity contribution in [2.24, 2.45) is 46.3 Å². The molecule has 7 unspecified atom stereocenters. The molecule has 27 heavy (non-hydrogen) atoms. The zero-order chi connectivity index (χ0) is 21.4. The molecule has 0 aromatic rings. The van der Waals surface area contributed by atoms with Gasteiger partial charge in [0.1, 0.15) is 0 Å². The van der Waals surface area contributed by atoms with E-state index in [2.05, 4.69) is 83.1 Å². The molecule has 0 rings (SSSR count). The van der Waals surface area contributed by atoms with E-state index >= 15 is 0 Å². The fraction of sp³-hybridized carbons (Fsp3) is 1.00. The summed E-state index contributed by atoms with van der Waals surface area (Å²) in [6.45, 7) is 29.8. The van der Waals surface area contributed by atoms with Crippen molar-refractivity contribution in [3.05, 3.63) is 0 Å². The van der Waals surface area contributed by atoms with Crippen molar-refractivity contribution in [3.8, 4) is 0 Å². The molecule has 0 bridgehead atoms. The lowest BCUT2D eigenvalue weighted by molar-refractivity contribution is 0.00185. The highest BCUT2D eigenvalue weighted by molar-refractivity contribution is 4.92. The summed E-state index contributed by atoms with van der Waals surface area (Å²) in [7, 11) is 0. The molecule has 0 saturated carbocycles. The Balaban J connectivity index is 5.13. The van der Waals surface area contributed by atoms with Gasteiger partial charge in [-0.2, -0.15) is 0 Å². The van der Waals surface area contributed by atoms with Crippen LogP contribution in [0.4, 0.5) is 0 Å². The molecule has 0 N–H and O–H groups in total. The van der Waals surface area contributed by atoms with Crippen LogP contribution in [0.5, 0.6) is 0 Å². The molecule has 0 amide bonds. The lowest BCUT2D eigenvalue weighted by Crippen LogP contribution is -2.41. The molecule has 0 aliphatic carbocycles. The maximum absolute atomic E-state index is 2.56. The predicted molar refractivity (Wildman–Crippen MR) is 126 cm³/mol. The van der Waals surface area contributed by atoms with E-state index in [1.54, 1.807) is 0 Å². The first kappa shape index (κ1) is 27.0. The molecular formula is C27H56. The van der Waals surface area contributed by atoms with E-state index in [0.29, 0.717) is 10.8 Å². The van der Waals surface area contributed by atoms with Gasteiger partial charge in [-0.05, 0) is 59.2 Å². The standard InChI is InChI=1S/C27H56/c1-13-17-18-20(5)25(14-2)24(9)23(8)21(6)19-22(7)27(12,16-4)26(10,11)15-3/h20-25H,13-19H2,1-12H3. The first-order chi connectivity index (χ1) is 12.4. The molecule has 0 radical (unpaired) electrons. The Labute approximate surface area is 174 Å². The monoisotopic (exact) mass is 380 g/mol. The Bertz CT molecular complexity index is 381. The molecule has 0 spiro atoms. The van der Waals surface area contributed by atoms with E-state index in [0.717, 1.165) is 35.5 Å². The summed E-state index contributed by atoms with van der Waals surface area (Å²) >= 11 is 0. The van der Waals surface area contributed by atoms with Crippen LogP contribution in [0.2, 0.25) is 0 Å². The van der Waals surface area contributed by atoms with Crippen LogP contribution >= 0.6 is 0 Å². The van der Waals surface area contributed by atoms with Crippen molar-refractivity contribution in [1.29, 1.82) is 0 Å². The minimum Gasteiger partial charge on any atom is -0.0654 e. The molecule has 0 saturated heterocycles. The van der Waals surface area contributed by atoms with Crippen LogP contribution in [0.15, 0.2) is 0 Å².